The average molecular weight is 544 g/mol. The van der Waals surface area contributed by atoms with E-state index in [9.17, 15) is 4.79 Å². The van der Waals surface area contributed by atoms with E-state index in [0.29, 0.717) is 26.3 Å². The normalized spacial score (nSPS) is 17.5. The SMILES string of the molecule is CN=C(NCC1(C(=O)N(C)C)CCCC1)NCC(C)(C)c1ccc2c(c1)OCCO2.I. The Morgan fingerprint density at radius 3 is 2.39 bits per heavy atom. The van der Waals surface area contributed by atoms with Crippen LogP contribution >= 0.6 is 24.0 Å². The molecular formula is C23H37IN4O3. The first-order valence-corrected chi connectivity index (χ1v) is 10.8. The average Bonchev–Trinajstić information content (AvgIpc) is 3.23. The summed E-state index contributed by atoms with van der Waals surface area (Å²) < 4.78 is 11.4. The van der Waals surface area contributed by atoms with Gasteiger partial charge in [-0.15, -0.1) is 24.0 Å². The van der Waals surface area contributed by atoms with Crippen LogP contribution in [0.1, 0.15) is 45.1 Å². The minimum Gasteiger partial charge on any atom is -0.486 e. The maximum Gasteiger partial charge on any atom is 0.230 e. The fourth-order valence-electron chi connectivity index (χ4n) is 4.34. The molecule has 1 fully saturated rings. The highest BCUT2D eigenvalue weighted by atomic mass is 127. The molecule has 2 aliphatic rings. The van der Waals surface area contributed by atoms with Crippen LogP contribution < -0.4 is 20.1 Å². The molecule has 1 aromatic rings. The second kappa shape index (κ2) is 10.7. The van der Waals surface area contributed by atoms with Gasteiger partial charge in [0.2, 0.25) is 5.91 Å². The van der Waals surface area contributed by atoms with Crippen molar-refractivity contribution in [2.75, 3.05) is 47.4 Å². The molecule has 1 amide bonds. The number of hydrogen-bond donors (Lipinski definition) is 2. The zero-order valence-corrected chi connectivity index (χ0v) is 21.7. The first-order valence-electron chi connectivity index (χ1n) is 10.8. The molecule has 174 valence electrons. The Morgan fingerprint density at radius 1 is 1.13 bits per heavy atom. The lowest BCUT2D eigenvalue weighted by Crippen LogP contribution is -2.50. The van der Waals surface area contributed by atoms with Gasteiger partial charge in [-0.3, -0.25) is 9.79 Å². The van der Waals surface area contributed by atoms with Gasteiger partial charge >= 0.3 is 0 Å². The standard InChI is InChI=1S/C23H36N4O3.HI/c1-22(2,17-8-9-18-19(14-17)30-13-12-29-18)15-25-21(24-3)26-16-23(10-6-7-11-23)20(28)27(4)5;/h8-9,14H,6-7,10-13,15-16H2,1-5H3,(H2,24,25,26);1H. The first kappa shape index (κ1) is 25.5. The van der Waals surface area contributed by atoms with Crippen LogP contribution in [0.25, 0.3) is 0 Å². The quantitative estimate of drug-likeness (QED) is 0.327. The Morgan fingerprint density at radius 2 is 1.77 bits per heavy atom. The molecule has 1 aliphatic carbocycles. The molecule has 0 atom stereocenters. The Balaban J connectivity index is 0.00000341. The number of nitrogens with one attached hydrogen (secondary N) is 2. The summed E-state index contributed by atoms with van der Waals surface area (Å²) in [5.74, 6) is 2.54. The molecule has 1 heterocycles. The molecule has 8 heteroatoms. The molecule has 0 unspecified atom stereocenters. The van der Waals surface area contributed by atoms with Gasteiger partial charge in [0.05, 0.1) is 5.41 Å². The Bertz CT molecular complexity index is 789. The van der Waals surface area contributed by atoms with E-state index in [1.165, 1.54) is 5.56 Å². The fourth-order valence-corrected chi connectivity index (χ4v) is 4.34. The van der Waals surface area contributed by atoms with Crippen LogP contribution in [0.2, 0.25) is 0 Å². The van der Waals surface area contributed by atoms with Crippen LogP contribution in [-0.4, -0.2) is 64.2 Å². The third-order valence-electron chi connectivity index (χ3n) is 6.26. The van der Waals surface area contributed by atoms with Crippen molar-refractivity contribution in [2.24, 2.45) is 10.4 Å². The van der Waals surface area contributed by atoms with E-state index < -0.39 is 0 Å². The van der Waals surface area contributed by atoms with E-state index in [0.717, 1.165) is 43.1 Å². The molecule has 0 bridgehead atoms. The summed E-state index contributed by atoms with van der Waals surface area (Å²) in [6.45, 7) is 6.85. The highest BCUT2D eigenvalue weighted by molar-refractivity contribution is 14.0. The van der Waals surface area contributed by atoms with Crippen molar-refractivity contribution in [3.8, 4) is 11.5 Å². The zero-order chi connectivity index (χ0) is 21.8. The number of aliphatic imine (C=N–C) groups is 1. The first-order chi connectivity index (χ1) is 14.3. The minimum absolute atomic E-state index is 0. The molecule has 0 spiro atoms. The van der Waals surface area contributed by atoms with Gasteiger partial charge < -0.3 is 25.0 Å². The monoisotopic (exact) mass is 544 g/mol. The minimum atomic E-state index is -0.327. The van der Waals surface area contributed by atoms with E-state index in [-0.39, 0.29) is 40.7 Å². The second-order valence-electron chi connectivity index (χ2n) is 9.21. The number of fused-ring (bicyclic) bond motifs is 1. The van der Waals surface area contributed by atoms with Crippen LogP contribution in [0.3, 0.4) is 0 Å². The molecule has 3 rings (SSSR count). The van der Waals surface area contributed by atoms with E-state index >= 15 is 0 Å². The van der Waals surface area contributed by atoms with Crippen molar-refractivity contribution in [1.82, 2.24) is 15.5 Å². The van der Waals surface area contributed by atoms with Gasteiger partial charge in [-0.25, -0.2) is 0 Å². The summed E-state index contributed by atoms with van der Waals surface area (Å²) in [6.07, 6.45) is 4.06. The summed E-state index contributed by atoms with van der Waals surface area (Å²) in [5, 5.41) is 6.85. The third kappa shape index (κ3) is 5.96. The van der Waals surface area contributed by atoms with E-state index in [1.807, 2.05) is 20.2 Å². The van der Waals surface area contributed by atoms with Crippen LogP contribution in [0, 0.1) is 5.41 Å². The molecular weight excluding hydrogens is 507 g/mol. The Kier molecular flexibility index (Phi) is 8.85. The third-order valence-corrected chi connectivity index (χ3v) is 6.26. The maximum atomic E-state index is 12.8. The summed E-state index contributed by atoms with van der Waals surface area (Å²) in [7, 11) is 5.44. The van der Waals surface area contributed by atoms with Gasteiger partial charge in [0.15, 0.2) is 17.5 Å². The van der Waals surface area contributed by atoms with Crippen LogP contribution in [0.5, 0.6) is 11.5 Å². The topological polar surface area (TPSA) is 75.2 Å². The lowest BCUT2D eigenvalue weighted by atomic mass is 9.84. The lowest BCUT2D eigenvalue weighted by Gasteiger charge is -2.32. The number of guanidine groups is 1. The molecule has 1 saturated carbocycles. The van der Waals surface area contributed by atoms with Crippen molar-refractivity contribution in [2.45, 2.75) is 44.9 Å². The van der Waals surface area contributed by atoms with Gasteiger partial charge in [0, 0.05) is 39.6 Å². The molecule has 7 nitrogen and oxygen atoms in total. The highest BCUT2D eigenvalue weighted by Crippen LogP contribution is 2.39. The highest BCUT2D eigenvalue weighted by Gasteiger charge is 2.42. The molecule has 0 saturated heterocycles. The smallest absolute Gasteiger partial charge is 0.230 e. The van der Waals surface area contributed by atoms with Crippen LogP contribution in [-0.2, 0) is 10.2 Å². The summed E-state index contributed by atoms with van der Waals surface area (Å²) in [4.78, 5) is 18.9. The molecule has 0 radical (unpaired) electrons. The number of carbonyl (C=O) groups is 1. The van der Waals surface area contributed by atoms with Crippen molar-refractivity contribution < 1.29 is 14.3 Å². The maximum absolute atomic E-state index is 12.8. The molecule has 1 aliphatic heterocycles. The van der Waals surface area contributed by atoms with Crippen molar-refractivity contribution >= 4 is 35.8 Å². The number of halogens is 1. The second-order valence-corrected chi connectivity index (χ2v) is 9.21. The van der Waals surface area contributed by atoms with Crippen molar-refractivity contribution in [3.63, 3.8) is 0 Å². The largest absolute Gasteiger partial charge is 0.486 e. The summed E-state index contributed by atoms with van der Waals surface area (Å²) in [6, 6.07) is 6.14. The van der Waals surface area contributed by atoms with Gasteiger partial charge in [-0.05, 0) is 30.5 Å². The van der Waals surface area contributed by atoms with Crippen molar-refractivity contribution in [1.29, 1.82) is 0 Å². The predicted octanol–water partition coefficient (Wildman–Crippen LogP) is 3.17. The number of nitrogens with zero attached hydrogens (tertiary/aromatic N) is 2. The number of carbonyl (C=O) groups excluding carboxylic acids is 1. The zero-order valence-electron chi connectivity index (χ0n) is 19.4. The van der Waals surface area contributed by atoms with Gasteiger partial charge in [-0.2, -0.15) is 0 Å². The van der Waals surface area contributed by atoms with Gasteiger partial charge in [0.25, 0.3) is 0 Å². The Labute approximate surface area is 203 Å². The number of ether oxygens (including phenoxy) is 2. The fraction of sp³-hybridized carbons (Fsp3) is 0.652. The lowest BCUT2D eigenvalue weighted by molar-refractivity contribution is -0.138. The van der Waals surface area contributed by atoms with E-state index in [4.69, 9.17) is 9.47 Å². The van der Waals surface area contributed by atoms with Gasteiger partial charge in [-0.1, -0.05) is 32.8 Å². The predicted molar refractivity (Wildman–Crippen MR) is 135 cm³/mol. The number of rotatable bonds is 6. The number of amides is 1. The molecule has 0 aromatic heterocycles. The summed E-state index contributed by atoms with van der Waals surface area (Å²) >= 11 is 0. The van der Waals surface area contributed by atoms with Crippen molar-refractivity contribution in [3.05, 3.63) is 23.8 Å². The molecule has 31 heavy (non-hydrogen) atoms. The molecule has 1 aromatic carbocycles. The Hall–Kier alpha value is -1.71. The van der Waals surface area contributed by atoms with E-state index in [2.05, 4.69) is 41.6 Å². The number of hydrogen-bond acceptors (Lipinski definition) is 4. The molecule has 2 N–H and O–H groups in total. The van der Waals surface area contributed by atoms with Gasteiger partial charge in [0.1, 0.15) is 13.2 Å². The van der Waals surface area contributed by atoms with Crippen LogP contribution in [0.15, 0.2) is 23.2 Å². The van der Waals surface area contributed by atoms with E-state index in [1.54, 1.807) is 11.9 Å². The van der Waals surface area contributed by atoms with Crippen LogP contribution in [0.4, 0.5) is 0 Å². The summed E-state index contributed by atoms with van der Waals surface area (Å²) in [5.41, 5.74) is 0.703. The number of benzene rings is 1.